The summed E-state index contributed by atoms with van der Waals surface area (Å²) in [6, 6.07) is 78.8. The molecule has 0 unspecified atom stereocenters. The third-order valence-corrected chi connectivity index (χ3v) is 13.1. The van der Waals surface area contributed by atoms with Crippen molar-refractivity contribution in [3.8, 4) is 33.9 Å². The molecule has 5 nitrogen and oxygen atoms in total. The molecule has 5 heteroatoms. The summed E-state index contributed by atoms with van der Waals surface area (Å²) < 4.78 is 16.5. The second-order valence-electron chi connectivity index (χ2n) is 16.5. The Morgan fingerprint density at radius 3 is 1.32 bits per heavy atom. The van der Waals surface area contributed by atoms with E-state index in [4.69, 9.17) is 4.42 Å². The number of furan rings is 1. The predicted molar refractivity (Wildman–Crippen MR) is 261 cm³/mol. The van der Waals surface area contributed by atoms with Gasteiger partial charge in [0.2, 0.25) is 0 Å². The van der Waals surface area contributed by atoms with Crippen LogP contribution < -0.4 is 0 Å². The first-order valence-electron chi connectivity index (χ1n) is 21.5. The first kappa shape index (κ1) is 34.2. The van der Waals surface area contributed by atoms with Crippen LogP contribution in [-0.2, 0) is 0 Å². The highest BCUT2D eigenvalue weighted by Crippen LogP contribution is 2.47. The Kier molecular flexibility index (Phi) is 7.05. The van der Waals surface area contributed by atoms with E-state index in [-0.39, 0.29) is 0 Å². The molecule has 0 radical (unpaired) electrons. The molecule has 0 aliphatic carbocycles. The Morgan fingerprint density at radius 2 is 0.698 bits per heavy atom. The minimum absolute atomic E-state index is 0.893. The van der Waals surface area contributed by atoms with Gasteiger partial charge in [-0.05, 0) is 66.7 Å². The summed E-state index contributed by atoms with van der Waals surface area (Å²) in [7, 11) is 0. The Balaban J connectivity index is 1.10. The van der Waals surface area contributed by atoms with Crippen LogP contribution in [0, 0.1) is 0 Å². The lowest BCUT2D eigenvalue weighted by Gasteiger charge is -2.17. The fourth-order valence-corrected chi connectivity index (χ4v) is 10.6. The molecule has 5 heterocycles. The van der Waals surface area contributed by atoms with Crippen molar-refractivity contribution in [2.75, 3.05) is 0 Å². The van der Waals surface area contributed by atoms with Gasteiger partial charge in [-0.2, -0.15) is 0 Å². The number of fused-ring (bicyclic) bond motifs is 13. The van der Waals surface area contributed by atoms with Crippen LogP contribution in [0.15, 0.2) is 223 Å². The van der Waals surface area contributed by atoms with Crippen molar-refractivity contribution in [1.82, 2.24) is 18.3 Å². The monoisotopic (exact) mass is 804 g/mol. The number of hydrogen-bond acceptors (Lipinski definition) is 1. The fourth-order valence-electron chi connectivity index (χ4n) is 10.6. The van der Waals surface area contributed by atoms with Gasteiger partial charge >= 0.3 is 0 Å². The van der Waals surface area contributed by atoms with E-state index in [1.54, 1.807) is 0 Å². The van der Waals surface area contributed by atoms with Gasteiger partial charge in [-0.15, -0.1) is 0 Å². The average Bonchev–Trinajstić information content (AvgIpc) is 4.14. The zero-order chi connectivity index (χ0) is 41.2. The fraction of sp³-hybridized carbons (Fsp3) is 0. The summed E-state index contributed by atoms with van der Waals surface area (Å²) >= 11 is 0. The number of nitrogens with zero attached hydrogens (tertiary/aromatic N) is 4. The Bertz CT molecular complexity index is 4140. The minimum Gasteiger partial charge on any atom is -0.455 e. The first-order valence-corrected chi connectivity index (χ1v) is 21.5. The number of rotatable bonds is 5. The molecule has 14 rings (SSSR count). The average molecular weight is 805 g/mol. The molecule has 5 aromatic heterocycles. The zero-order valence-corrected chi connectivity index (χ0v) is 34.0. The summed E-state index contributed by atoms with van der Waals surface area (Å²) in [5.74, 6) is 0. The third-order valence-electron chi connectivity index (χ3n) is 13.1. The van der Waals surface area contributed by atoms with E-state index in [0.717, 1.165) is 78.1 Å². The molecule has 14 aromatic rings. The number of benzene rings is 9. The molecule has 0 bridgehead atoms. The summed E-state index contributed by atoms with van der Waals surface area (Å²) in [6.07, 6.45) is 0. The molecule has 0 fully saturated rings. The van der Waals surface area contributed by atoms with Crippen LogP contribution in [0.25, 0.3) is 121 Å². The summed E-state index contributed by atoms with van der Waals surface area (Å²) in [4.78, 5) is 0. The standard InChI is InChI=1S/C58H36N4O/c1-3-18-37(19-4-1)59-49-32-11-7-25-45(49)53-46-26-8-12-33-50(46)60(57(53)59)39-22-15-23-40(36-39)61-51-34-13-9-27-47(51)54-48-31-16-28-42(55(48)62(58(54)61)38-20-5-2-6-21-38)44-30-17-29-43-41-24-10-14-35-52(41)63-56(43)44/h1-36H. The molecule has 0 aliphatic heterocycles. The van der Waals surface area contributed by atoms with Crippen molar-refractivity contribution < 1.29 is 4.42 Å². The predicted octanol–water partition coefficient (Wildman–Crippen LogP) is 15.3. The van der Waals surface area contributed by atoms with Crippen LogP contribution in [0.5, 0.6) is 0 Å². The van der Waals surface area contributed by atoms with Crippen molar-refractivity contribution in [2.24, 2.45) is 0 Å². The van der Waals surface area contributed by atoms with Crippen LogP contribution in [0.3, 0.4) is 0 Å². The van der Waals surface area contributed by atoms with Crippen molar-refractivity contribution in [2.45, 2.75) is 0 Å². The molecule has 0 amide bonds. The third kappa shape index (κ3) is 4.71. The quantitative estimate of drug-likeness (QED) is 0.171. The maximum Gasteiger partial charge on any atom is 0.143 e. The Labute approximate surface area is 361 Å². The van der Waals surface area contributed by atoms with Crippen LogP contribution >= 0.6 is 0 Å². The molecule has 294 valence electrons. The van der Waals surface area contributed by atoms with Crippen LogP contribution in [0.1, 0.15) is 0 Å². The number of para-hydroxylation sites is 8. The normalized spacial score (nSPS) is 12.1. The van der Waals surface area contributed by atoms with Crippen LogP contribution in [0.2, 0.25) is 0 Å². The lowest BCUT2D eigenvalue weighted by Crippen LogP contribution is -2.04. The van der Waals surface area contributed by atoms with E-state index in [0.29, 0.717) is 0 Å². The highest BCUT2D eigenvalue weighted by Gasteiger charge is 2.27. The van der Waals surface area contributed by atoms with Gasteiger partial charge in [0.05, 0.1) is 22.1 Å². The van der Waals surface area contributed by atoms with Crippen molar-refractivity contribution >= 4 is 87.6 Å². The summed E-state index contributed by atoms with van der Waals surface area (Å²) in [5.41, 5.74) is 15.3. The Hall–Kier alpha value is -8.54. The molecule has 63 heavy (non-hydrogen) atoms. The van der Waals surface area contributed by atoms with E-state index < -0.39 is 0 Å². The van der Waals surface area contributed by atoms with Gasteiger partial charge in [-0.25, -0.2) is 0 Å². The van der Waals surface area contributed by atoms with E-state index in [2.05, 4.69) is 231 Å². The molecular weight excluding hydrogens is 769 g/mol. The Morgan fingerprint density at radius 1 is 0.286 bits per heavy atom. The van der Waals surface area contributed by atoms with Crippen LogP contribution in [-0.4, -0.2) is 18.3 Å². The molecule has 9 aromatic carbocycles. The van der Waals surface area contributed by atoms with Gasteiger partial charge < -0.3 is 4.42 Å². The van der Waals surface area contributed by atoms with Gasteiger partial charge in [0, 0.05) is 77.0 Å². The molecule has 0 N–H and O–H groups in total. The van der Waals surface area contributed by atoms with E-state index in [1.807, 2.05) is 6.07 Å². The van der Waals surface area contributed by atoms with E-state index in [1.165, 1.54) is 43.4 Å². The molecule has 0 aliphatic rings. The van der Waals surface area contributed by atoms with Gasteiger partial charge in [0.25, 0.3) is 0 Å². The molecule has 0 saturated carbocycles. The summed E-state index contributed by atoms with van der Waals surface area (Å²) in [5, 5.41) is 9.57. The second-order valence-corrected chi connectivity index (χ2v) is 16.5. The van der Waals surface area contributed by atoms with E-state index >= 15 is 0 Å². The van der Waals surface area contributed by atoms with Crippen molar-refractivity contribution in [3.63, 3.8) is 0 Å². The largest absolute Gasteiger partial charge is 0.455 e. The zero-order valence-electron chi connectivity index (χ0n) is 34.0. The van der Waals surface area contributed by atoms with Gasteiger partial charge in [-0.3, -0.25) is 18.3 Å². The topological polar surface area (TPSA) is 32.9 Å². The lowest BCUT2D eigenvalue weighted by molar-refractivity contribution is 0.670. The second kappa shape index (κ2) is 13.0. The SMILES string of the molecule is c1ccc(-n2c3ccccc3c3c4ccccc4n(-c4cccc(-n5c6ccccc6c6c7cccc(-c8cccc9c8oc8ccccc89)c7n(-c7ccccc7)c65)c4)c32)cc1. The first-order chi connectivity index (χ1) is 31.3. The van der Waals surface area contributed by atoms with Crippen molar-refractivity contribution in [1.29, 1.82) is 0 Å². The maximum atomic E-state index is 6.70. The molecule has 0 atom stereocenters. The summed E-state index contributed by atoms with van der Waals surface area (Å²) in [6.45, 7) is 0. The molecule has 0 saturated heterocycles. The highest BCUT2D eigenvalue weighted by molar-refractivity contribution is 6.26. The lowest BCUT2D eigenvalue weighted by atomic mass is 9.99. The van der Waals surface area contributed by atoms with Gasteiger partial charge in [0.15, 0.2) is 0 Å². The minimum atomic E-state index is 0.893. The molecular formula is C58H36N4O. The number of hydrogen-bond donors (Lipinski definition) is 0. The highest BCUT2D eigenvalue weighted by atomic mass is 16.3. The van der Waals surface area contributed by atoms with Crippen LogP contribution in [0.4, 0.5) is 0 Å². The smallest absolute Gasteiger partial charge is 0.143 e. The maximum absolute atomic E-state index is 6.70. The van der Waals surface area contributed by atoms with Gasteiger partial charge in [-0.1, -0.05) is 152 Å². The van der Waals surface area contributed by atoms with E-state index in [9.17, 15) is 0 Å². The van der Waals surface area contributed by atoms with Gasteiger partial charge in [0.1, 0.15) is 22.5 Å². The molecule has 0 spiro atoms. The van der Waals surface area contributed by atoms with Crippen molar-refractivity contribution in [3.05, 3.63) is 218 Å². The number of aromatic nitrogens is 4.